The molecule has 1 nitrogen and oxygen atoms in total. The summed E-state index contributed by atoms with van der Waals surface area (Å²) in [6.07, 6.45) is 0. The van der Waals surface area contributed by atoms with Gasteiger partial charge in [-0.05, 0) is 47.3 Å². The molecule has 0 aliphatic heterocycles. The summed E-state index contributed by atoms with van der Waals surface area (Å²) in [5.74, 6) is 0. The Labute approximate surface area is 136 Å². The molecule has 0 aliphatic rings. The lowest BCUT2D eigenvalue weighted by atomic mass is 10.1. The van der Waals surface area contributed by atoms with Gasteiger partial charge in [0.05, 0.1) is 0 Å². The smallest absolute Gasteiger partial charge is 0.109 e. The Kier molecular flexibility index (Phi) is 2.52. The van der Waals surface area contributed by atoms with E-state index in [0.29, 0.717) is 0 Å². The Morgan fingerprint density at radius 2 is 1.68 bits per heavy atom. The molecule has 0 aliphatic carbocycles. The number of rotatable bonds is 1. The third-order valence-electron chi connectivity index (χ3n) is 4.17. The summed E-state index contributed by atoms with van der Waals surface area (Å²) in [7, 11) is 0. The van der Waals surface area contributed by atoms with Gasteiger partial charge in [-0.1, -0.05) is 30.3 Å². The van der Waals surface area contributed by atoms with Crippen LogP contribution in [0.5, 0.6) is 0 Å². The second-order valence-corrected chi connectivity index (χ2v) is 7.71. The number of hydrogen-bond acceptors (Lipinski definition) is 2. The number of hydrogen-bond donors (Lipinski definition) is 0. The van der Waals surface area contributed by atoms with Crippen LogP contribution in [0.15, 0.2) is 60.0 Å². The molecule has 2 aromatic carbocycles. The first-order valence-corrected chi connectivity index (χ1v) is 8.98. The first-order valence-electron chi connectivity index (χ1n) is 7.28. The topological polar surface area (TPSA) is 4.93 Å². The van der Waals surface area contributed by atoms with Crippen LogP contribution in [0.25, 0.3) is 36.9 Å². The molecule has 3 aromatic heterocycles. The highest BCUT2D eigenvalue weighted by molar-refractivity contribution is 7.20. The van der Waals surface area contributed by atoms with Crippen molar-refractivity contribution in [2.24, 2.45) is 0 Å². The molecular formula is C19H13NS2. The van der Waals surface area contributed by atoms with Crippen LogP contribution in [0.1, 0.15) is 4.88 Å². The highest BCUT2D eigenvalue weighted by Gasteiger charge is 2.15. The summed E-state index contributed by atoms with van der Waals surface area (Å²) < 4.78 is 2.42. The molecule has 5 rings (SSSR count). The molecule has 0 N–H and O–H groups in total. The van der Waals surface area contributed by atoms with Crippen molar-refractivity contribution in [3.63, 3.8) is 0 Å². The molecule has 0 atom stereocenters. The second kappa shape index (κ2) is 4.45. The van der Waals surface area contributed by atoms with Crippen LogP contribution < -0.4 is 0 Å². The van der Waals surface area contributed by atoms with Gasteiger partial charge in [-0.25, -0.2) is 0 Å². The van der Waals surface area contributed by atoms with Crippen molar-refractivity contribution < 1.29 is 0 Å². The van der Waals surface area contributed by atoms with Crippen molar-refractivity contribution in [3.05, 3.63) is 64.9 Å². The van der Waals surface area contributed by atoms with Gasteiger partial charge in [-0.2, -0.15) is 0 Å². The first-order chi connectivity index (χ1) is 10.8. The Hall–Kier alpha value is -2.10. The molecule has 0 saturated carbocycles. The minimum absolute atomic E-state index is 1.25. The third-order valence-corrected chi connectivity index (χ3v) is 6.10. The number of aromatic nitrogens is 1. The zero-order chi connectivity index (χ0) is 14.7. The zero-order valence-electron chi connectivity index (χ0n) is 12.0. The number of thiophene rings is 2. The summed E-state index contributed by atoms with van der Waals surface area (Å²) in [4.78, 5) is 4.07. The van der Waals surface area contributed by atoms with Crippen molar-refractivity contribution in [3.8, 4) is 5.69 Å². The SMILES string of the molecule is Cc1cc2c3ccsc3n(-c3ccc4ccccc4c3)c2s1. The van der Waals surface area contributed by atoms with Gasteiger partial charge < -0.3 is 0 Å². The predicted octanol–water partition coefficient (Wildman–Crippen LogP) is 6.37. The molecular weight excluding hydrogens is 306 g/mol. The first kappa shape index (κ1) is 12.4. The van der Waals surface area contributed by atoms with E-state index in [1.54, 1.807) is 0 Å². The molecule has 0 amide bonds. The van der Waals surface area contributed by atoms with E-state index in [1.807, 2.05) is 22.7 Å². The lowest BCUT2D eigenvalue weighted by molar-refractivity contribution is 1.22. The predicted molar refractivity (Wildman–Crippen MR) is 98.8 cm³/mol. The van der Waals surface area contributed by atoms with Crippen molar-refractivity contribution in [1.82, 2.24) is 4.57 Å². The average Bonchev–Trinajstić information content (AvgIpc) is 3.19. The van der Waals surface area contributed by atoms with Crippen LogP contribution in [0.2, 0.25) is 0 Å². The standard InChI is InChI=1S/C19H13NS2/c1-12-10-17-16-8-9-21-18(16)20(19(17)22-12)15-7-6-13-4-2-3-5-14(13)11-15/h2-11H,1H3. The molecule has 0 bridgehead atoms. The minimum atomic E-state index is 1.25. The second-order valence-electron chi connectivity index (χ2n) is 5.58. The minimum Gasteiger partial charge on any atom is -0.292 e. The molecule has 5 aromatic rings. The summed E-state index contributed by atoms with van der Waals surface area (Å²) >= 11 is 3.70. The van der Waals surface area contributed by atoms with Gasteiger partial charge in [0.15, 0.2) is 0 Å². The maximum Gasteiger partial charge on any atom is 0.109 e. The lowest BCUT2D eigenvalue weighted by Crippen LogP contribution is -1.90. The van der Waals surface area contributed by atoms with Gasteiger partial charge in [0.25, 0.3) is 0 Å². The Bertz CT molecular complexity index is 1140. The van der Waals surface area contributed by atoms with Gasteiger partial charge in [-0.15, -0.1) is 22.7 Å². The number of fused-ring (bicyclic) bond motifs is 4. The Balaban J connectivity index is 1.91. The van der Waals surface area contributed by atoms with Crippen LogP contribution in [-0.2, 0) is 0 Å². The zero-order valence-corrected chi connectivity index (χ0v) is 13.7. The fourth-order valence-corrected chi connectivity index (χ4v) is 5.23. The quantitative estimate of drug-likeness (QED) is 0.338. The largest absolute Gasteiger partial charge is 0.292 e. The van der Waals surface area contributed by atoms with Crippen LogP contribution in [-0.4, -0.2) is 4.57 Å². The van der Waals surface area contributed by atoms with Crippen molar-refractivity contribution in [2.45, 2.75) is 6.92 Å². The number of aryl methyl sites for hydroxylation is 1. The maximum atomic E-state index is 2.42. The van der Waals surface area contributed by atoms with Crippen LogP contribution in [0.3, 0.4) is 0 Å². The maximum absolute atomic E-state index is 2.42. The van der Waals surface area contributed by atoms with E-state index < -0.39 is 0 Å². The van der Waals surface area contributed by atoms with Gasteiger partial charge in [0.1, 0.15) is 9.66 Å². The highest BCUT2D eigenvalue weighted by atomic mass is 32.1. The van der Waals surface area contributed by atoms with Gasteiger partial charge >= 0.3 is 0 Å². The van der Waals surface area contributed by atoms with E-state index in [9.17, 15) is 0 Å². The van der Waals surface area contributed by atoms with E-state index >= 15 is 0 Å². The molecule has 22 heavy (non-hydrogen) atoms. The Morgan fingerprint density at radius 1 is 0.818 bits per heavy atom. The van der Waals surface area contributed by atoms with Gasteiger partial charge in [-0.3, -0.25) is 4.57 Å². The molecule has 3 heteroatoms. The van der Waals surface area contributed by atoms with Gasteiger partial charge in [0, 0.05) is 21.3 Å². The van der Waals surface area contributed by atoms with Crippen LogP contribution in [0, 0.1) is 6.92 Å². The van der Waals surface area contributed by atoms with E-state index in [1.165, 1.54) is 41.8 Å². The van der Waals surface area contributed by atoms with E-state index in [2.05, 4.69) is 71.5 Å². The molecule has 0 fully saturated rings. The molecule has 3 heterocycles. The summed E-state index contributed by atoms with van der Waals surface area (Å²) in [6.45, 7) is 2.19. The number of benzene rings is 2. The fraction of sp³-hybridized carbons (Fsp3) is 0.0526. The molecule has 0 radical (unpaired) electrons. The van der Waals surface area contributed by atoms with Crippen molar-refractivity contribution in [1.29, 1.82) is 0 Å². The van der Waals surface area contributed by atoms with Crippen molar-refractivity contribution in [2.75, 3.05) is 0 Å². The third kappa shape index (κ3) is 1.64. The van der Waals surface area contributed by atoms with E-state index in [4.69, 9.17) is 0 Å². The van der Waals surface area contributed by atoms with Crippen LogP contribution in [0.4, 0.5) is 0 Å². The van der Waals surface area contributed by atoms with E-state index in [0.717, 1.165) is 0 Å². The summed E-state index contributed by atoms with van der Waals surface area (Å²) in [5, 5.41) is 7.53. The lowest BCUT2D eigenvalue weighted by Gasteiger charge is -2.07. The fourth-order valence-electron chi connectivity index (χ4n) is 3.18. The molecule has 0 saturated heterocycles. The normalized spacial score (nSPS) is 11.9. The van der Waals surface area contributed by atoms with E-state index in [-0.39, 0.29) is 0 Å². The average molecular weight is 319 g/mol. The monoisotopic (exact) mass is 319 g/mol. The molecule has 106 valence electrons. The molecule has 0 spiro atoms. The highest BCUT2D eigenvalue weighted by Crippen LogP contribution is 2.39. The Morgan fingerprint density at radius 3 is 2.59 bits per heavy atom. The summed E-state index contributed by atoms with van der Waals surface area (Å²) in [6, 6.07) is 19.8. The van der Waals surface area contributed by atoms with Crippen molar-refractivity contribution >= 4 is 53.9 Å². The summed E-state index contributed by atoms with van der Waals surface area (Å²) in [5.41, 5.74) is 1.25. The van der Waals surface area contributed by atoms with Gasteiger partial charge in [0.2, 0.25) is 0 Å². The molecule has 0 unspecified atom stereocenters. The number of nitrogens with zero attached hydrogens (tertiary/aromatic N) is 1. The van der Waals surface area contributed by atoms with Crippen LogP contribution >= 0.6 is 22.7 Å².